The molecule has 0 aliphatic heterocycles. The molecule has 2 N–H and O–H groups in total. The Hall–Kier alpha value is -1.90. The number of hydrogen-bond acceptors (Lipinski definition) is 6. The molecule has 144 valence electrons. The Balaban J connectivity index is 1.78. The first kappa shape index (κ1) is 20.4. The second-order valence-corrected chi connectivity index (χ2v) is 7.30. The van der Waals surface area contributed by atoms with Crippen LogP contribution < -0.4 is 15.4 Å². The zero-order valence-corrected chi connectivity index (χ0v) is 15.9. The average Bonchev–Trinajstić information content (AvgIpc) is 2.62. The van der Waals surface area contributed by atoms with Gasteiger partial charge in [-0.2, -0.15) is 11.8 Å². The van der Waals surface area contributed by atoms with E-state index in [1.807, 2.05) is 6.26 Å². The van der Waals surface area contributed by atoms with Gasteiger partial charge in [-0.05, 0) is 44.1 Å². The summed E-state index contributed by atoms with van der Waals surface area (Å²) in [6.45, 7) is 1.42. The predicted molar refractivity (Wildman–Crippen MR) is 97.4 cm³/mol. The van der Waals surface area contributed by atoms with E-state index in [-0.39, 0.29) is 30.0 Å². The molecule has 26 heavy (non-hydrogen) atoms. The Kier molecular flexibility index (Phi) is 8.08. The standard InChI is InChI=1S/C17H25FN4O3S/c1-11(23)21-15(7-8-26-2)16(24)22-13-3-5-14(6-4-13)25-17-19-9-12(18)10-20-17/h9-10,13-15H,3-8H2,1-2H3,(H,21,23)(H,22,24). The molecule has 1 aliphatic rings. The number of aromatic nitrogens is 2. The molecule has 1 fully saturated rings. The zero-order chi connectivity index (χ0) is 18.9. The van der Waals surface area contributed by atoms with Gasteiger partial charge in [-0.25, -0.2) is 14.4 Å². The molecule has 0 radical (unpaired) electrons. The molecular weight excluding hydrogens is 359 g/mol. The van der Waals surface area contributed by atoms with Crippen molar-refractivity contribution >= 4 is 23.6 Å². The first-order valence-electron chi connectivity index (χ1n) is 8.68. The van der Waals surface area contributed by atoms with Crippen molar-refractivity contribution in [1.29, 1.82) is 0 Å². The van der Waals surface area contributed by atoms with Crippen molar-refractivity contribution < 1.29 is 18.7 Å². The number of hydrogen-bond donors (Lipinski definition) is 2. The molecule has 1 heterocycles. The number of thioether (sulfide) groups is 1. The Labute approximate surface area is 156 Å². The highest BCUT2D eigenvalue weighted by atomic mass is 32.2. The van der Waals surface area contributed by atoms with Gasteiger partial charge in [-0.15, -0.1) is 0 Å². The third kappa shape index (κ3) is 6.78. The summed E-state index contributed by atoms with van der Waals surface area (Å²) in [5.41, 5.74) is 0. The molecule has 0 saturated heterocycles. The summed E-state index contributed by atoms with van der Waals surface area (Å²) >= 11 is 1.64. The number of carbonyl (C=O) groups is 2. The monoisotopic (exact) mass is 384 g/mol. The number of halogens is 1. The van der Waals surface area contributed by atoms with E-state index in [4.69, 9.17) is 4.74 Å². The average molecular weight is 384 g/mol. The Morgan fingerprint density at radius 2 is 1.96 bits per heavy atom. The third-order valence-electron chi connectivity index (χ3n) is 4.19. The fourth-order valence-electron chi connectivity index (χ4n) is 2.89. The molecular formula is C17H25FN4O3S. The van der Waals surface area contributed by atoms with E-state index in [0.717, 1.165) is 43.8 Å². The van der Waals surface area contributed by atoms with Crippen LogP contribution in [0.4, 0.5) is 4.39 Å². The fraction of sp³-hybridized carbons (Fsp3) is 0.647. The Morgan fingerprint density at radius 1 is 1.31 bits per heavy atom. The minimum absolute atomic E-state index is 0.0451. The van der Waals surface area contributed by atoms with Gasteiger partial charge in [0, 0.05) is 13.0 Å². The van der Waals surface area contributed by atoms with E-state index in [2.05, 4.69) is 20.6 Å². The van der Waals surface area contributed by atoms with Gasteiger partial charge in [0.2, 0.25) is 11.8 Å². The van der Waals surface area contributed by atoms with Crippen LogP contribution in [-0.2, 0) is 9.59 Å². The third-order valence-corrected chi connectivity index (χ3v) is 4.84. The second-order valence-electron chi connectivity index (χ2n) is 6.32. The zero-order valence-electron chi connectivity index (χ0n) is 15.0. The van der Waals surface area contributed by atoms with Crippen LogP contribution in [0.3, 0.4) is 0 Å². The van der Waals surface area contributed by atoms with Crippen LogP contribution in [0.5, 0.6) is 6.01 Å². The lowest BCUT2D eigenvalue weighted by atomic mass is 9.92. The predicted octanol–water partition coefficient (Wildman–Crippen LogP) is 1.68. The molecule has 9 heteroatoms. The number of nitrogens with one attached hydrogen (secondary N) is 2. The van der Waals surface area contributed by atoms with Crippen LogP contribution in [0.15, 0.2) is 12.4 Å². The highest BCUT2D eigenvalue weighted by Gasteiger charge is 2.27. The molecule has 0 aromatic carbocycles. The number of ether oxygens (including phenoxy) is 1. The summed E-state index contributed by atoms with van der Waals surface area (Å²) in [6, 6.07) is -0.273. The fourth-order valence-corrected chi connectivity index (χ4v) is 3.36. The molecule has 0 spiro atoms. The molecule has 1 saturated carbocycles. The van der Waals surface area contributed by atoms with E-state index < -0.39 is 11.9 Å². The second kappa shape index (κ2) is 10.3. The maximum absolute atomic E-state index is 12.8. The van der Waals surface area contributed by atoms with E-state index in [1.54, 1.807) is 11.8 Å². The summed E-state index contributed by atoms with van der Waals surface area (Å²) in [7, 11) is 0. The van der Waals surface area contributed by atoms with Crippen LogP contribution in [0.2, 0.25) is 0 Å². The van der Waals surface area contributed by atoms with E-state index in [0.29, 0.717) is 6.42 Å². The quantitative estimate of drug-likeness (QED) is 0.708. The summed E-state index contributed by atoms with van der Waals surface area (Å²) in [5.74, 6) is -0.0431. The molecule has 1 aromatic heterocycles. The maximum Gasteiger partial charge on any atom is 0.316 e. The minimum atomic E-state index is -0.501. The number of carbonyl (C=O) groups excluding carboxylic acids is 2. The van der Waals surface area contributed by atoms with Crippen LogP contribution in [0, 0.1) is 5.82 Å². The molecule has 1 aliphatic carbocycles. The lowest BCUT2D eigenvalue weighted by Crippen LogP contribution is -2.50. The smallest absolute Gasteiger partial charge is 0.316 e. The first-order valence-corrected chi connectivity index (χ1v) is 10.1. The van der Waals surface area contributed by atoms with Gasteiger partial charge in [0.15, 0.2) is 5.82 Å². The highest BCUT2D eigenvalue weighted by Crippen LogP contribution is 2.22. The van der Waals surface area contributed by atoms with Gasteiger partial charge in [-0.1, -0.05) is 0 Å². The lowest BCUT2D eigenvalue weighted by Gasteiger charge is -2.30. The van der Waals surface area contributed by atoms with E-state index in [1.165, 1.54) is 6.92 Å². The van der Waals surface area contributed by atoms with Gasteiger partial charge in [0.1, 0.15) is 12.1 Å². The molecule has 7 nitrogen and oxygen atoms in total. The summed E-state index contributed by atoms with van der Waals surface area (Å²) < 4.78 is 18.5. The number of amides is 2. The topological polar surface area (TPSA) is 93.2 Å². The van der Waals surface area contributed by atoms with Crippen molar-refractivity contribution in [3.8, 4) is 6.01 Å². The molecule has 0 bridgehead atoms. The van der Waals surface area contributed by atoms with Gasteiger partial charge < -0.3 is 15.4 Å². The van der Waals surface area contributed by atoms with Crippen molar-refractivity contribution in [1.82, 2.24) is 20.6 Å². The van der Waals surface area contributed by atoms with Crippen molar-refractivity contribution in [3.05, 3.63) is 18.2 Å². The van der Waals surface area contributed by atoms with Crippen LogP contribution in [-0.4, -0.2) is 52.0 Å². The van der Waals surface area contributed by atoms with Crippen molar-refractivity contribution in [2.24, 2.45) is 0 Å². The van der Waals surface area contributed by atoms with E-state index in [9.17, 15) is 14.0 Å². The highest BCUT2D eigenvalue weighted by molar-refractivity contribution is 7.98. The Bertz CT molecular complexity index is 594. The number of nitrogens with zero attached hydrogens (tertiary/aromatic N) is 2. The molecule has 1 aromatic rings. The van der Waals surface area contributed by atoms with Gasteiger partial charge in [0.25, 0.3) is 0 Å². The lowest BCUT2D eigenvalue weighted by molar-refractivity contribution is -0.128. The first-order chi connectivity index (χ1) is 12.5. The molecule has 1 unspecified atom stereocenters. The minimum Gasteiger partial charge on any atom is -0.460 e. The SMILES string of the molecule is CSCCC(NC(C)=O)C(=O)NC1CCC(Oc2ncc(F)cn2)CC1. The normalized spacial score (nSPS) is 20.9. The van der Waals surface area contributed by atoms with Crippen molar-refractivity contribution in [2.45, 2.75) is 57.2 Å². The molecule has 2 rings (SSSR count). The molecule has 2 amide bonds. The van der Waals surface area contributed by atoms with Crippen LogP contribution in [0.25, 0.3) is 0 Å². The van der Waals surface area contributed by atoms with Gasteiger partial charge >= 0.3 is 6.01 Å². The summed E-state index contributed by atoms with van der Waals surface area (Å²) in [6.07, 6.45) is 7.72. The summed E-state index contributed by atoms with van der Waals surface area (Å²) in [5, 5.41) is 5.74. The van der Waals surface area contributed by atoms with Crippen LogP contribution >= 0.6 is 11.8 Å². The van der Waals surface area contributed by atoms with E-state index >= 15 is 0 Å². The summed E-state index contributed by atoms with van der Waals surface area (Å²) in [4.78, 5) is 31.3. The maximum atomic E-state index is 12.8. The molecule has 1 atom stereocenters. The Morgan fingerprint density at radius 3 is 2.54 bits per heavy atom. The van der Waals surface area contributed by atoms with Crippen LogP contribution in [0.1, 0.15) is 39.0 Å². The largest absolute Gasteiger partial charge is 0.460 e. The van der Waals surface area contributed by atoms with Crippen molar-refractivity contribution in [2.75, 3.05) is 12.0 Å². The van der Waals surface area contributed by atoms with Gasteiger partial charge in [-0.3, -0.25) is 9.59 Å². The number of rotatable bonds is 8. The van der Waals surface area contributed by atoms with Gasteiger partial charge in [0.05, 0.1) is 12.4 Å². The van der Waals surface area contributed by atoms with Crippen molar-refractivity contribution in [3.63, 3.8) is 0 Å².